The third-order valence-corrected chi connectivity index (χ3v) is 6.99. The standard InChI is InChI=1S/C19H20FN3O2S/c20-14-9-21-6-4-15(14)23-10-13-12(16-3-5-19(13,11-23)25-16)8-22-18(24)17-2-1-7-26-17/h1-2,4,6-7,9,12-13,16H,3,5,8,10-11H2,(H,22,24)/t12-,13+,16+,19+/m0/s1. The van der Waals surface area contributed by atoms with Crippen molar-refractivity contribution in [2.45, 2.75) is 24.5 Å². The number of aromatic nitrogens is 1. The molecule has 0 aromatic carbocycles. The Balaban J connectivity index is 1.32. The van der Waals surface area contributed by atoms with Gasteiger partial charge in [-0.25, -0.2) is 4.39 Å². The Morgan fingerprint density at radius 3 is 3.23 bits per heavy atom. The van der Waals surface area contributed by atoms with Crippen molar-refractivity contribution < 1.29 is 13.9 Å². The Labute approximate surface area is 155 Å². The summed E-state index contributed by atoms with van der Waals surface area (Å²) in [6.45, 7) is 2.09. The summed E-state index contributed by atoms with van der Waals surface area (Å²) in [4.78, 5) is 18.9. The summed E-state index contributed by atoms with van der Waals surface area (Å²) < 4.78 is 20.5. The Morgan fingerprint density at radius 1 is 1.50 bits per heavy atom. The van der Waals surface area contributed by atoms with Gasteiger partial charge in [-0.15, -0.1) is 11.3 Å². The molecule has 26 heavy (non-hydrogen) atoms. The van der Waals surface area contributed by atoms with Crippen LogP contribution in [-0.4, -0.2) is 42.2 Å². The molecule has 136 valence electrons. The molecule has 5 nitrogen and oxygen atoms in total. The number of fused-ring (bicyclic) bond motifs is 1. The quantitative estimate of drug-likeness (QED) is 0.895. The van der Waals surface area contributed by atoms with Crippen molar-refractivity contribution in [2.24, 2.45) is 11.8 Å². The molecule has 5 rings (SSSR count). The van der Waals surface area contributed by atoms with Crippen LogP contribution in [0.1, 0.15) is 22.5 Å². The average Bonchev–Trinajstić information content (AvgIpc) is 3.40. The third kappa shape index (κ3) is 2.45. The number of carbonyl (C=O) groups excluding carboxylic acids is 1. The highest BCUT2D eigenvalue weighted by Gasteiger charge is 2.63. The molecule has 3 fully saturated rings. The molecular formula is C19H20FN3O2S. The summed E-state index contributed by atoms with van der Waals surface area (Å²) in [5.74, 6) is 0.285. The van der Waals surface area contributed by atoms with Crippen LogP contribution in [0.2, 0.25) is 0 Å². The van der Waals surface area contributed by atoms with Crippen LogP contribution in [0.3, 0.4) is 0 Å². The number of nitrogens with one attached hydrogen (secondary N) is 1. The first-order chi connectivity index (χ1) is 12.7. The number of anilines is 1. The smallest absolute Gasteiger partial charge is 0.261 e. The van der Waals surface area contributed by atoms with Crippen LogP contribution in [0.25, 0.3) is 0 Å². The van der Waals surface area contributed by atoms with Gasteiger partial charge in [0, 0.05) is 37.7 Å². The molecule has 3 saturated heterocycles. The van der Waals surface area contributed by atoms with Crippen molar-refractivity contribution in [1.29, 1.82) is 0 Å². The first-order valence-electron chi connectivity index (χ1n) is 9.00. The van der Waals surface area contributed by atoms with E-state index in [1.807, 2.05) is 17.5 Å². The van der Waals surface area contributed by atoms with Gasteiger partial charge in [-0.1, -0.05) is 6.07 Å². The predicted molar refractivity (Wildman–Crippen MR) is 96.9 cm³/mol. The molecule has 3 aliphatic rings. The first kappa shape index (κ1) is 16.2. The molecule has 4 atom stereocenters. The minimum Gasteiger partial charge on any atom is -0.369 e. The second kappa shape index (κ2) is 6.03. The van der Waals surface area contributed by atoms with Crippen LogP contribution in [0.4, 0.5) is 10.1 Å². The minimum absolute atomic E-state index is 0.0214. The summed E-state index contributed by atoms with van der Waals surface area (Å²) in [6.07, 6.45) is 5.12. The number of hydrogen-bond acceptors (Lipinski definition) is 5. The number of carbonyl (C=O) groups is 1. The summed E-state index contributed by atoms with van der Waals surface area (Å²) in [6, 6.07) is 5.45. The minimum atomic E-state index is -0.291. The fraction of sp³-hybridized carbons (Fsp3) is 0.474. The van der Waals surface area contributed by atoms with E-state index in [2.05, 4.69) is 15.2 Å². The van der Waals surface area contributed by atoms with Crippen LogP contribution >= 0.6 is 11.3 Å². The lowest BCUT2D eigenvalue weighted by molar-refractivity contribution is 0.0141. The maximum atomic E-state index is 14.2. The fourth-order valence-corrected chi connectivity index (χ4v) is 5.62. The molecule has 1 amide bonds. The number of ether oxygens (including phenoxy) is 1. The van der Waals surface area contributed by atoms with E-state index in [1.165, 1.54) is 17.5 Å². The predicted octanol–water partition coefficient (Wildman–Crippen LogP) is 2.70. The average molecular weight is 373 g/mol. The second-order valence-corrected chi connectivity index (χ2v) is 8.37. The van der Waals surface area contributed by atoms with Gasteiger partial charge in [0.25, 0.3) is 5.91 Å². The monoisotopic (exact) mass is 373 g/mol. The number of pyridine rings is 1. The first-order valence-corrected chi connectivity index (χ1v) is 9.88. The molecule has 2 aromatic rings. The zero-order valence-electron chi connectivity index (χ0n) is 14.2. The molecule has 2 aromatic heterocycles. The van der Waals surface area contributed by atoms with Crippen LogP contribution < -0.4 is 10.2 Å². The molecule has 1 spiro atoms. The van der Waals surface area contributed by atoms with Gasteiger partial charge in [-0.3, -0.25) is 9.78 Å². The SMILES string of the molecule is O=C(NC[C@H]1[C@H]2CN(c3ccncc3F)C[C@]23CC[C@H]1O3)c1cccs1. The second-order valence-electron chi connectivity index (χ2n) is 7.43. The molecule has 2 bridgehead atoms. The molecule has 7 heteroatoms. The van der Waals surface area contributed by atoms with E-state index in [-0.39, 0.29) is 29.3 Å². The van der Waals surface area contributed by atoms with Gasteiger partial charge in [0.05, 0.1) is 28.5 Å². The summed E-state index contributed by atoms with van der Waals surface area (Å²) in [5.41, 5.74) is 0.399. The van der Waals surface area contributed by atoms with Crippen LogP contribution in [0.15, 0.2) is 36.0 Å². The van der Waals surface area contributed by atoms with E-state index in [9.17, 15) is 9.18 Å². The maximum absolute atomic E-state index is 14.2. The molecule has 1 N–H and O–H groups in total. The lowest BCUT2D eigenvalue weighted by atomic mass is 9.73. The molecule has 0 aliphatic carbocycles. The van der Waals surface area contributed by atoms with E-state index in [1.54, 1.807) is 12.3 Å². The number of nitrogens with zero attached hydrogens (tertiary/aromatic N) is 2. The molecular weight excluding hydrogens is 353 g/mol. The van der Waals surface area contributed by atoms with Crippen molar-refractivity contribution in [1.82, 2.24) is 10.3 Å². The molecule has 0 saturated carbocycles. The van der Waals surface area contributed by atoms with E-state index in [0.717, 1.165) is 24.3 Å². The lowest BCUT2D eigenvalue weighted by Crippen LogP contribution is -2.41. The highest BCUT2D eigenvalue weighted by atomic mass is 32.1. The van der Waals surface area contributed by atoms with Crippen LogP contribution in [-0.2, 0) is 4.74 Å². The highest BCUT2D eigenvalue weighted by molar-refractivity contribution is 7.12. The number of thiophene rings is 1. The number of rotatable bonds is 4. The fourth-order valence-electron chi connectivity index (χ4n) is 4.98. The molecule has 3 aliphatic heterocycles. The van der Waals surface area contributed by atoms with Gasteiger partial charge in [0.1, 0.15) is 0 Å². The topological polar surface area (TPSA) is 54.5 Å². The van der Waals surface area contributed by atoms with E-state index >= 15 is 0 Å². The number of halogens is 1. The van der Waals surface area contributed by atoms with Crippen molar-refractivity contribution in [2.75, 3.05) is 24.5 Å². The molecule has 0 radical (unpaired) electrons. The van der Waals surface area contributed by atoms with Gasteiger partial charge in [-0.2, -0.15) is 0 Å². The van der Waals surface area contributed by atoms with Crippen LogP contribution in [0.5, 0.6) is 0 Å². The van der Waals surface area contributed by atoms with Gasteiger partial charge in [0.15, 0.2) is 5.82 Å². The summed E-state index contributed by atoms with van der Waals surface area (Å²) in [5, 5.41) is 4.98. The van der Waals surface area contributed by atoms with Crippen molar-refractivity contribution in [3.05, 3.63) is 46.7 Å². The van der Waals surface area contributed by atoms with Gasteiger partial charge >= 0.3 is 0 Å². The summed E-state index contributed by atoms with van der Waals surface area (Å²) >= 11 is 1.45. The van der Waals surface area contributed by atoms with E-state index in [0.29, 0.717) is 24.7 Å². The van der Waals surface area contributed by atoms with Gasteiger partial charge in [0.2, 0.25) is 0 Å². The largest absolute Gasteiger partial charge is 0.369 e. The molecule has 5 heterocycles. The number of hydrogen-bond donors (Lipinski definition) is 1. The van der Waals surface area contributed by atoms with E-state index in [4.69, 9.17) is 4.74 Å². The Morgan fingerprint density at radius 2 is 2.42 bits per heavy atom. The van der Waals surface area contributed by atoms with E-state index < -0.39 is 0 Å². The third-order valence-electron chi connectivity index (χ3n) is 6.12. The van der Waals surface area contributed by atoms with Crippen molar-refractivity contribution >= 4 is 22.9 Å². The van der Waals surface area contributed by atoms with Gasteiger partial charge in [-0.05, 0) is 30.4 Å². The summed E-state index contributed by atoms with van der Waals surface area (Å²) in [7, 11) is 0. The highest BCUT2D eigenvalue weighted by Crippen LogP contribution is 2.55. The van der Waals surface area contributed by atoms with Gasteiger partial charge < -0.3 is 15.0 Å². The van der Waals surface area contributed by atoms with Crippen LogP contribution in [0, 0.1) is 17.7 Å². The number of amides is 1. The normalized spacial score (nSPS) is 32.0. The Bertz CT molecular complexity index is 830. The molecule has 0 unspecified atom stereocenters. The zero-order valence-corrected chi connectivity index (χ0v) is 15.0. The van der Waals surface area contributed by atoms with Crippen molar-refractivity contribution in [3.8, 4) is 0 Å². The maximum Gasteiger partial charge on any atom is 0.261 e. The van der Waals surface area contributed by atoms with Crippen molar-refractivity contribution in [3.63, 3.8) is 0 Å². The Hall–Kier alpha value is -1.99. The Kier molecular flexibility index (Phi) is 3.76. The zero-order chi connectivity index (χ0) is 17.7. The lowest BCUT2D eigenvalue weighted by Gasteiger charge is -2.29.